The van der Waals surface area contributed by atoms with E-state index in [0.29, 0.717) is 16.1 Å². The third-order valence-corrected chi connectivity index (χ3v) is 4.21. The highest BCUT2D eigenvalue weighted by atomic mass is 32.2. The number of nitrogens with one attached hydrogen (secondary N) is 1. The second-order valence-electron chi connectivity index (χ2n) is 4.53. The Morgan fingerprint density at radius 1 is 0.952 bits per heavy atom. The summed E-state index contributed by atoms with van der Waals surface area (Å²) in [6.07, 6.45) is 0. The lowest BCUT2D eigenvalue weighted by Gasteiger charge is -2.03. The van der Waals surface area contributed by atoms with Gasteiger partial charge in [0.1, 0.15) is 10.5 Å². The van der Waals surface area contributed by atoms with Crippen molar-refractivity contribution in [3.05, 3.63) is 59.4 Å². The molecule has 0 atom stereocenters. The summed E-state index contributed by atoms with van der Waals surface area (Å²) >= 11 is 1.46. The molecule has 102 valence electrons. The quantitative estimate of drug-likeness (QED) is 0.670. The number of hydrogen-bond donors (Lipinski definition) is 2. The Morgan fingerprint density at radius 2 is 1.71 bits per heavy atom. The zero-order chi connectivity index (χ0) is 14.2. The smallest absolute Gasteiger partial charge is 0.220 e. The Kier molecular flexibility index (Phi) is 2.75. The van der Waals surface area contributed by atoms with Gasteiger partial charge in [0.05, 0.1) is 11.2 Å². The van der Waals surface area contributed by atoms with E-state index in [1.807, 2.05) is 48.5 Å². The summed E-state index contributed by atoms with van der Waals surface area (Å²) in [7, 11) is 0. The molecule has 2 heterocycles. The van der Waals surface area contributed by atoms with Crippen LogP contribution < -0.4 is 5.32 Å². The highest BCUT2D eigenvalue weighted by Crippen LogP contribution is 2.42. The first-order valence-corrected chi connectivity index (χ1v) is 7.20. The molecule has 0 saturated heterocycles. The van der Waals surface area contributed by atoms with Gasteiger partial charge in [-0.15, -0.1) is 10.2 Å². The normalized spacial score (nSPS) is 15.6. The molecule has 0 radical (unpaired) electrons. The van der Waals surface area contributed by atoms with Crippen molar-refractivity contribution >= 4 is 34.2 Å². The van der Waals surface area contributed by atoms with Crippen LogP contribution in [0.5, 0.6) is 0 Å². The fourth-order valence-corrected chi connectivity index (χ4v) is 3.05. The number of hydrogen-bond acceptors (Lipinski definition) is 6. The standard InChI is InChI=1S/C15H10N4OS/c20-13(15-17-11-7-3-4-8-12(11)21-15)14-16-9-5-1-2-6-10(9)18-19-14/h1-8,17,20H/b15-13-. The van der Waals surface area contributed by atoms with E-state index in [2.05, 4.69) is 20.5 Å². The number of benzene rings is 2. The molecular formula is C15H10N4OS. The molecule has 1 aromatic heterocycles. The highest BCUT2D eigenvalue weighted by molar-refractivity contribution is 8.04. The molecule has 0 saturated carbocycles. The van der Waals surface area contributed by atoms with E-state index in [1.165, 1.54) is 11.8 Å². The number of aliphatic hydroxyl groups excluding tert-OH is 1. The van der Waals surface area contributed by atoms with Crippen molar-refractivity contribution in [3.63, 3.8) is 0 Å². The molecule has 3 aromatic rings. The SMILES string of the molecule is O/C(=C1/Nc2ccccc2S1)c1nnc2ccccc2n1. The Labute approximate surface area is 124 Å². The molecule has 0 aliphatic carbocycles. The first kappa shape index (κ1) is 12.2. The minimum Gasteiger partial charge on any atom is -0.502 e. The van der Waals surface area contributed by atoms with Gasteiger partial charge in [-0.05, 0) is 24.3 Å². The third kappa shape index (κ3) is 2.09. The van der Waals surface area contributed by atoms with E-state index in [0.717, 1.165) is 10.6 Å². The van der Waals surface area contributed by atoms with Crippen LogP contribution in [0.15, 0.2) is 58.5 Å². The van der Waals surface area contributed by atoms with Gasteiger partial charge in [0, 0.05) is 4.90 Å². The fourth-order valence-electron chi connectivity index (χ4n) is 2.11. The van der Waals surface area contributed by atoms with Crippen LogP contribution in [0.25, 0.3) is 16.8 Å². The predicted molar refractivity (Wildman–Crippen MR) is 82.8 cm³/mol. The Balaban J connectivity index is 1.77. The van der Waals surface area contributed by atoms with Crippen LogP contribution in [0.3, 0.4) is 0 Å². The molecule has 21 heavy (non-hydrogen) atoms. The van der Waals surface area contributed by atoms with Gasteiger partial charge in [-0.1, -0.05) is 36.0 Å². The maximum Gasteiger partial charge on any atom is 0.220 e. The Morgan fingerprint density at radius 3 is 2.57 bits per heavy atom. The average Bonchev–Trinajstić information content (AvgIpc) is 2.97. The minimum absolute atomic E-state index is 0.00875. The van der Waals surface area contributed by atoms with Gasteiger partial charge in [0.15, 0.2) is 5.76 Å². The fraction of sp³-hybridized carbons (Fsp3) is 0. The molecule has 0 fully saturated rings. The van der Waals surface area contributed by atoms with Crippen LogP contribution in [0.2, 0.25) is 0 Å². The van der Waals surface area contributed by atoms with E-state index < -0.39 is 0 Å². The van der Waals surface area contributed by atoms with Gasteiger partial charge in [-0.25, -0.2) is 4.98 Å². The first-order valence-electron chi connectivity index (χ1n) is 6.38. The van der Waals surface area contributed by atoms with Crippen molar-refractivity contribution in [2.75, 3.05) is 5.32 Å². The summed E-state index contributed by atoms with van der Waals surface area (Å²) < 4.78 is 0. The molecule has 1 aliphatic heterocycles. The number of aromatic nitrogens is 3. The number of nitrogens with zero attached hydrogens (tertiary/aromatic N) is 3. The summed E-state index contributed by atoms with van der Waals surface area (Å²) in [5.74, 6) is 0.228. The van der Waals surface area contributed by atoms with E-state index >= 15 is 0 Å². The van der Waals surface area contributed by atoms with E-state index in [-0.39, 0.29) is 11.6 Å². The average molecular weight is 294 g/mol. The lowest BCUT2D eigenvalue weighted by molar-refractivity contribution is 0.502. The number of para-hydroxylation sites is 2. The molecular weight excluding hydrogens is 284 g/mol. The molecule has 6 heteroatoms. The van der Waals surface area contributed by atoms with Crippen LogP contribution in [0, 0.1) is 0 Å². The highest BCUT2D eigenvalue weighted by Gasteiger charge is 2.21. The van der Waals surface area contributed by atoms with Crippen molar-refractivity contribution in [3.8, 4) is 0 Å². The number of fused-ring (bicyclic) bond motifs is 2. The summed E-state index contributed by atoms with van der Waals surface area (Å²) in [4.78, 5) is 5.41. The zero-order valence-corrected chi connectivity index (χ0v) is 11.6. The van der Waals surface area contributed by atoms with Crippen molar-refractivity contribution in [2.45, 2.75) is 4.90 Å². The number of thioether (sulfide) groups is 1. The van der Waals surface area contributed by atoms with E-state index in [1.54, 1.807) is 0 Å². The molecule has 2 aromatic carbocycles. The van der Waals surface area contributed by atoms with Gasteiger partial charge in [0.25, 0.3) is 0 Å². The van der Waals surface area contributed by atoms with Gasteiger partial charge in [-0.2, -0.15) is 0 Å². The van der Waals surface area contributed by atoms with Crippen LogP contribution in [0.4, 0.5) is 5.69 Å². The molecule has 5 nitrogen and oxygen atoms in total. The molecule has 0 unspecified atom stereocenters. The third-order valence-electron chi connectivity index (χ3n) is 3.13. The van der Waals surface area contributed by atoms with Crippen LogP contribution in [-0.4, -0.2) is 20.3 Å². The maximum absolute atomic E-state index is 10.4. The van der Waals surface area contributed by atoms with Crippen molar-refractivity contribution in [1.29, 1.82) is 0 Å². The zero-order valence-electron chi connectivity index (χ0n) is 10.8. The van der Waals surface area contributed by atoms with Crippen molar-refractivity contribution in [2.24, 2.45) is 0 Å². The number of rotatable bonds is 1. The van der Waals surface area contributed by atoms with Gasteiger partial charge in [-0.3, -0.25) is 0 Å². The molecule has 0 spiro atoms. The molecule has 0 bridgehead atoms. The molecule has 0 amide bonds. The maximum atomic E-state index is 10.4. The predicted octanol–water partition coefficient (Wildman–Crippen LogP) is 3.43. The lowest BCUT2D eigenvalue weighted by atomic mass is 10.3. The first-order chi connectivity index (χ1) is 10.3. The summed E-state index contributed by atoms with van der Waals surface area (Å²) in [6.45, 7) is 0. The van der Waals surface area contributed by atoms with Crippen molar-refractivity contribution in [1.82, 2.24) is 15.2 Å². The summed E-state index contributed by atoms with van der Waals surface area (Å²) in [6, 6.07) is 15.3. The summed E-state index contributed by atoms with van der Waals surface area (Å²) in [5.41, 5.74) is 2.38. The van der Waals surface area contributed by atoms with Crippen LogP contribution in [-0.2, 0) is 0 Å². The Bertz CT molecular complexity index is 851. The number of anilines is 1. The minimum atomic E-state index is 0.00875. The molecule has 1 aliphatic rings. The molecule has 4 rings (SSSR count). The molecule has 2 N–H and O–H groups in total. The Hall–Kier alpha value is -2.60. The second-order valence-corrected chi connectivity index (χ2v) is 5.58. The van der Waals surface area contributed by atoms with Gasteiger partial charge < -0.3 is 10.4 Å². The van der Waals surface area contributed by atoms with Gasteiger partial charge >= 0.3 is 0 Å². The van der Waals surface area contributed by atoms with E-state index in [4.69, 9.17) is 0 Å². The second kappa shape index (κ2) is 4.75. The topological polar surface area (TPSA) is 70.9 Å². The van der Waals surface area contributed by atoms with Gasteiger partial charge in [0.2, 0.25) is 5.82 Å². The van der Waals surface area contributed by atoms with E-state index in [9.17, 15) is 5.11 Å². The largest absolute Gasteiger partial charge is 0.502 e. The van der Waals surface area contributed by atoms with Crippen LogP contribution in [0.1, 0.15) is 5.82 Å². The number of aliphatic hydroxyl groups is 1. The van der Waals surface area contributed by atoms with Crippen molar-refractivity contribution < 1.29 is 5.11 Å². The monoisotopic (exact) mass is 294 g/mol. The van der Waals surface area contributed by atoms with Crippen LogP contribution >= 0.6 is 11.8 Å². The summed E-state index contributed by atoms with van der Waals surface area (Å²) in [5, 5.41) is 22.2. The lowest BCUT2D eigenvalue weighted by Crippen LogP contribution is -2.01.